The number of aryl methyl sites for hydroxylation is 2. The molecule has 1 aromatic carbocycles. The van der Waals surface area contributed by atoms with E-state index < -0.39 is 0 Å². The maximum atomic E-state index is 12.9. The fraction of sp³-hybridized carbons (Fsp3) is 0.316. The lowest BCUT2D eigenvalue weighted by molar-refractivity contribution is 0.102. The third kappa shape index (κ3) is 3.04. The number of para-hydroxylation sites is 1. The van der Waals surface area contributed by atoms with Crippen LogP contribution in [0.3, 0.4) is 0 Å². The summed E-state index contributed by atoms with van der Waals surface area (Å²) in [5.74, 6) is 0.629. The van der Waals surface area contributed by atoms with Crippen LogP contribution < -0.4 is 5.32 Å². The molecule has 6 nitrogen and oxygen atoms in total. The molecule has 2 heterocycles. The normalized spacial score (nSPS) is 13.0. The predicted molar refractivity (Wildman–Crippen MR) is 101 cm³/mol. The number of ether oxygens (including phenoxy) is 1. The fourth-order valence-corrected chi connectivity index (χ4v) is 4.22. The van der Waals surface area contributed by atoms with Crippen LogP contribution in [0, 0.1) is 6.92 Å². The average Bonchev–Trinajstić information content (AvgIpc) is 3.32. The molecule has 0 atom stereocenters. The third-order valence-corrected chi connectivity index (χ3v) is 5.58. The highest BCUT2D eigenvalue weighted by atomic mass is 32.1. The highest BCUT2D eigenvalue weighted by Gasteiger charge is 2.25. The third-order valence-electron chi connectivity index (χ3n) is 4.45. The zero-order chi connectivity index (χ0) is 18.1. The van der Waals surface area contributed by atoms with Crippen molar-refractivity contribution in [2.75, 3.05) is 12.4 Å². The van der Waals surface area contributed by atoms with Crippen LogP contribution in [0.25, 0.3) is 5.69 Å². The minimum atomic E-state index is -0.144. The number of anilines is 1. The van der Waals surface area contributed by atoms with Gasteiger partial charge in [0, 0.05) is 12.7 Å². The Kier molecular flexibility index (Phi) is 4.57. The standard InChI is InChI=1S/C19H20N4O2S/c1-12-17(26-16(20-12)11-25-2)19(24)21-18-14-9-6-10-15(14)22-23(18)13-7-4-3-5-8-13/h3-5,7-8H,6,9-11H2,1-2H3,(H,21,24). The summed E-state index contributed by atoms with van der Waals surface area (Å²) in [6.45, 7) is 2.26. The van der Waals surface area contributed by atoms with Crippen LogP contribution in [-0.2, 0) is 24.2 Å². The zero-order valence-corrected chi connectivity index (χ0v) is 15.6. The summed E-state index contributed by atoms with van der Waals surface area (Å²) >= 11 is 1.37. The monoisotopic (exact) mass is 368 g/mol. The number of methoxy groups -OCH3 is 1. The molecule has 0 bridgehead atoms. The van der Waals surface area contributed by atoms with E-state index in [1.807, 2.05) is 41.9 Å². The number of nitrogens with zero attached hydrogens (tertiary/aromatic N) is 3. The molecule has 0 unspecified atom stereocenters. The molecule has 0 spiro atoms. The number of hydrogen-bond acceptors (Lipinski definition) is 5. The number of benzene rings is 1. The van der Waals surface area contributed by atoms with E-state index in [9.17, 15) is 4.79 Å². The van der Waals surface area contributed by atoms with Gasteiger partial charge in [-0.2, -0.15) is 5.10 Å². The van der Waals surface area contributed by atoms with Gasteiger partial charge < -0.3 is 10.1 Å². The van der Waals surface area contributed by atoms with Crippen LogP contribution in [0.5, 0.6) is 0 Å². The van der Waals surface area contributed by atoms with Gasteiger partial charge in [0.15, 0.2) is 0 Å². The van der Waals surface area contributed by atoms with E-state index in [0.29, 0.717) is 11.5 Å². The lowest BCUT2D eigenvalue weighted by atomic mass is 10.2. The number of aromatic nitrogens is 3. The Labute approximate surface area is 155 Å². The number of rotatable bonds is 5. The van der Waals surface area contributed by atoms with E-state index >= 15 is 0 Å². The summed E-state index contributed by atoms with van der Waals surface area (Å²) in [6, 6.07) is 9.89. The van der Waals surface area contributed by atoms with Crippen molar-refractivity contribution in [3.8, 4) is 5.69 Å². The van der Waals surface area contributed by atoms with Gasteiger partial charge in [-0.05, 0) is 38.3 Å². The molecule has 0 aliphatic heterocycles. The molecule has 0 fully saturated rings. The lowest BCUT2D eigenvalue weighted by Gasteiger charge is -2.10. The number of carbonyl (C=O) groups excluding carboxylic acids is 1. The van der Waals surface area contributed by atoms with Crippen LogP contribution in [0.1, 0.15) is 38.1 Å². The van der Waals surface area contributed by atoms with Crippen LogP contribution in [0.4, 0.5) is 5.82 Å². The van der Waals surface area contributed by atoms with Crippen molar-refractivity contribution in [1.29, 1.82) is 0 Å². The maximum absolute atomic E-state index is 12.9. The second-order valence-electron chi connectivity index (χ2n) is 6.28. The molecule has 0 saturated carbocycles. The highest BCUT2D eigenvalue weighted by molar-refractivity contribution is 7.13. The first-order chi connectivity index (χ1) is 12.7. The van der Waals surface area contributed by atoms with E-state index in [2.05, 4.69) is 10.3 Å². The molecule has 2 aromatic heterocycles. The van der Waals surface area contributed by atoms with Crippen molar-refractivity contribution in [2.24, 2.45) is 0 Å². The number of carbonyl (C=O) groups is 1. The van der Waals surface area contributed by atoms with Crippen LogP contribution in [-0.4, -0.2) is 27.8 Å². The Balaban J connectivity index is 1.69. The number of thiazole rings is 1. The van der Waals surface area contributed by atoms with Crippen LogP contribution >= 0.6 is 11.3 Å². The first-order valence-electron chi connectivity index (χ1n) is 8.60. The van der Waals surface area contributed by atoms with Crippen molar-refractivity contribution < 1.29 is 9.53 Å². The zero-order valence-electron chi connectivity index (χ0n) is 14.8. The summed E-state index contributed by atoms with van der Waals surface area (Å²) in [5.41, 5.74) is 3.88. The Bertz CT molecular complexity index is 946. The Morgan fingerprint density at radius 3 is 2.88 bits per heavy atom. The Hall–Kier alpha value is -2.51. The van der Waals surface area contributed by atoms with E-state index in [-0.39, 0.29) is 5.91 Å². The summed E-state index contributed by atoms with van der Waals surface area (Å²) in [6.07, 6.45) is 2.97. The molecule has 0 saturated heterocycles. The number of amides is 1. The van der Waals surface area contributed by atoms with Crippen LogP contribution in [0.15, 0.2) is 30.3 Å². The molecule has 1 aliphatic carbocycles. The maximum Gasteiger partial charge on any atom is 0.268 e. The van der Waals surface area contributed by atoms with Gasteiger partial charge in [-0.25, -0.2) is 9.67 Å². The van der Waals surface area contributed by atoms with Crippen molar-refractivity contribution in [3.05, 3.63) is 57.2 Å². The Morgan fingerprint density at radius 2 is 2.12 bits per heavy atom. The SMILES string of the molecule is COCc1nc(C)c(C(=O)Nc2c3c(nn2-c2ccccc2)CCC3)s1. The van der Waals surface area contributed by atoms with E-state index in [1.54, 1.807) is 7.11 Å². The summed E-state index contributed by atoms with van der Waals surface area (Å²) in [5, 5.41) is 8.63. The largest absolute Gasteiger partial charge is 0.378 e. The van der Waals surface area contributed by atoms with Gasteiger partial charge in [-0.1, -0.05) is 18.2 Å². The van der Waals surface area contributed by atoms with Gasteiger partial charge in [-0.3, -0.25) is 4.79 Å². The second-order valence-corrected chi connectivity index (χ2v) is 7.37. The topological polar surface area (TPSA) is 69.0 Å². The molecule has 7 heteroatoms. The molecular weight excluding hydrogens is 348 g/mol. The second kappa shape index (κ2) is 7.01. The van der Waals surface area contributed by atoms with Crippen molar-refractivity contribution in [1.82, 2.24) is 14.8 Å². The summed E-state index contributed by atoms with van der Waals surface area (Å²) < 4.78 is 6.96. The summed E-state index contributed by atoms with van der Waals surface area (Å²) in [7, 11) is 1.62. The van der Waals surface area contributed by atoms with Gasteiger partial charge in [0.25, 0.3) is 5.91 Å². The predicted octanol–water partition coefficient (Wildman–Crippen LogP) is 3.52. The number of hydrogen-bond donors (Lipinski definition) is 1. The molecule has 26 heavy (non-hydrogen) atoms. The van der Waals surface area contributed by atoms with Crippen molar-refractivity contribution >= 4 is 23.1 Å². The number of nitrogens with one attached hydrogen (secondary N) is 1. The highest BCUT2D eigenvalue weighted by Crippen LogP contribution is 2.31. The quantitative estimate of drug-likeness (QED) is 0.748. The fourth-order valence-electron chi connectivity index (χ4n) is 3.29. The lowest BCUT2D eigenvalue weighted by Crippen LogP contribution is -2.16. The van der Waals surface area contributed by atoms with Crippen molar-refractivity contribution in [2.45, 2.75) is 32.8 Å². The molecule has 1 amide bonds. The van der Waals surface area contributed by atoms with Gasteiger partial charge >= 0.3 is 0 Å². The van der Waals surface area contributed by atoms with E-state index in [0.717, 1.165) is 52.7 Å². The molecule has 4 rings (SSSR count). The first-order valence-corrected chi connectivity index (χ1v) is 9.42. The molecule has 1 N–H and O–H groups in total. The smallest absolute Gasteiger partial charge is 0.268 e. The molecule has 3 aromatic rings. The van der Waals surface area contributed by atoms with Crippen LogP contribution in [0.2, 0.25) is 0 Å². The molecule has 134 valence electrons. The van der Waals surface area contributed by atoms with Crippen molar-refractivity contribution in [3.63, 3.8) is 0 Å². The minimum Gasteiger partial charge on any atom is -0.378 e. The molecule has 0 radical (unpaired) electrons. The van der Waals surface area contributed by atoms with Gasteiger partial charge in [0.05, 0.1) is 23.7 Å². The molecule has 1 aliphatic rings. The summed E-state index contributed by atoms with van der Waals surface area (Å²) in [4.78, 5) is 17.9. The molecular formula is C19H20N4O2S. The van der Waals surface area contributed by atoms with Gasteiger partial charge in [0.1, 0.15) is 15.7 Å². The van der Waals surface area contributed by atoms with E-state index in [1.165, 1.54) is 11.3 Å². The average molecular weight is 368 g/mol. The first kappa shape index (κ1) is 16.9. The Morgan fingerprint density at radius 1 is 1.31 bits per heavy atom. The van der Waals surface area contributed by atoms with E-state index in [4.69, 9.17) is 9.84 Å². The number of fused-ring (bicyclic) bond motifs is 1. The van der Waals surface area contributed by atoms with Gasteiger partial charge in [0.2, 0.25) is 0 Å². The minimum absolute atomic E-state index is 0.144. The van der Waals surface area contributed by atoms with Gasteiger partial charge in [-0.15, -0.1) is 11.3 Å².